The maximum Gasteiger partial charge on any atom is 0.179 e. The van der Waals surface area contributed by atoms with Crippen LogP contribution in [0.25, 0.3) is 0 Å². The van der Waals surface area contributed by atoms with E-state index in [0.29, 0.717) is 15.1 Å². The first-order valence-corrected chi connectivity index (χ1v) is 5.80. The second-order valence-electron chi connectivity index (χ2n) is 2.31. The molecule has 0 aliphatic carbocycles. The van der Waals surface area contributed by atoms with Crippen LogP contribution >= 0.6 is 55.1 Å². The summed E-state index contributed by atoms with van der Waals surface area (Å²) in [5, 5.41) is 0.397. The minimum atomic E-state index is -0.186. The van der Waals surface area contributed by atoms with Gasteiger partial charge in [0.05, 0.1) is 10.9 Å². The van der Waals surface area contributed by atoms with Crippen LogP contribution in [-0.2, 0) is 0 Å². The Labute approximate surface area is 103 Å². The number of Topliss-reactive ketones (excluding diaryl/α,β-unsaturated/α-hetero) is 1. The Bertz CT molecular complexity index is 352. The number of hydrogen-bond acceptors (Lipinski definition) is 1. The maximum atomic E-state index is 11.3. The summed E-state index contributed by atoms with van der Waals surface area (Å²) in [5.41, 5.74) is 0.429. The number of hydrogen-bond donors (Lipinski definition) is 0. The van der Waals surface area contributed by atoms with E-state index in [4.69, 9.17) is 23.2 Å². The fourth-order valence-corrected chi connectivity index (χ4v) is 2.41. The average Bonchev–Trinajstić information content (AvgIpc) is 2.10. The third kappa shape index (κ3) is 2.69. The number of halogens is 4. The monoisotopic (exact) mass is 344 g/mol. The zero-order chi connectivity index (χ0) is 10.0. The van der Waals surface area contributed by atoms with Crippen molar-refractivity contribution in [3.63, 3.8) is 0 Å². The van der Waals surface area contributed by atoms with E-state index in [1.54, 1.807) is 12.1 Å². The first-order chi connectivity index (χ1) is 6.06. The molecule has 70 valence electrons. The third-order valence-electron chi connectivity index (χ3n) is 1.41. The molecule has 0 radical (unpaired) electrons. The molecule has 0 bridgehead atoms. The van der Waals surface area contributed by atoms with Crippen LogP contribution < -0.4 is 0 Å². The Morgan fingerprint density at radius 3 is 2.54 bits per heavy atom. The van der Waals surface area contributed by atoms with E-state index in [1.807, 2.05) is 0 Å². The van der Waals surface area contributed by atoms with Crippen molar-refractivity contribution in [2.45, 2.75) is 0 Å². The minimum absolute atomic E-state index is 0.0669. The van der Waals surface area contributed by atoms with Gasteiger partial charge in [0.25, 0.3) is 0 Å². The highest BCUT2D eigenvalue weighted by Gasteiger charge is 2.12. The zero-order valence-corrected chi connectivity index (χ0v) is 11.0. The van der Waals surface area contributed by atoms with Crippen molar-refractivity contribution in [1.82, 2.24) is 0 Å². The molecule has 0 aromatic heterocycles. The highest BCUT2D eigenvalue weighted by atomic mass is 79.9. The van der Waals surface area contributed by atoms with E-state index >= 15 is 0 Å². The standard InChI is InChI=1S/C8H4Br2Cl2O/c9-4-1-5(7(13)3-11)8(12)6(10)2-4/h1-2H,3H2. The maximum absolute atomic E-state index is 11.3. The van der Waals surface area contributed by atoms with Gasteiger partial charge in [-0.05, 0) is 28.1 Å². The van der Waals surface area contributed by atoms with E-state index in [9.17, 15) is 4.79 Å². The highest BCUT2D eigenvalue weighted by molar-refractivity contribution is 9.11. The summed E-state index contributed by atoms with van der Waals surface area (Å²) in [7, 11) is 0. The van der Waals surface area contributed by atoms with E-state index in [0.717, 1.165) is 4.47 Å². The summed E-state index contributed by atoms with van der Waals surface area (Å²) in [4.78, 5) is 11.3. The summed E-state index contributed by atoms with van der Waals surface area (Å²) >= 11 is 17.8. The van der Waals surface area contributed by atoms with Crippen LogP contribution in [0.15, 0.2) is 21.1 Å². The van der Waals surface area contributed by atoms with Crippen molar-refractivity contribution >= 4 is 60.8 Å². The van der Waals surface area contributed by atoms with Crippen molar-refractivity contribution in [1.29, 1.82) is 0 Å². The number of benzene rings is 1. The second kappa shape index (κ2) is 4.78. The molecule has 0 amide bonds. The van der Waals surface area contributed by atoms with E-state index in [2.05, 4.69) is 31.9 Å². The molecule has 0 atom stereocenters. The van der Waals surface area contributed by atoms with Crippen molar-refractivity contribution < 1.29 is 4.79 Å². The molecule has 5 heteroatoms. The summed E-state index contributed by atoms with van der Waals surface area (Å²) < 4.78 is 1.47. The fourth-order valence-electron chi connectivity index (χ4n) is 0.831. The van der Waals surface area contributed by atoms with Crippen molar-refractivity contribution in [3.05, 3.63) is 31.7 Å². The predicted molar refractivity (Wildman–Crippen MR) is 61.9 cm³/mol. The number of carbonyl (C=O) groups excluding carboxylic acids is 1. The van der Waals surface area contributed by atoms with Gasteiger partial charge in [-0.15, -0.1) is 11.6 Å². The molecule has 0 aliphatic rings. The summed E-state index contributed by atoms with van der Waals surface area (Å²) in [6.45, 7) is 0. The van der Waals surface area contributed by atoms with E-state index in [-0.39, 0.29) is 11.7 Å². The second-order valence-corrected chi connectivity index (χ2v) is 4.72. The lowest BCUT2D eigenvalue weighted by atomic mass is 10.1. The van der Waals surface area contributed by atoms with Crippen LogP contribution in [0.1, 0.15) is 10.4 Å². The summed E-state index contributed by atoms with van der Waals surface area (Å²) in [6.07, 6.45) is 0. The van der Waals surface area contributed by atoms with Crippen LogP contribution in [0, 0.1) is 0 Å². The van der Waals surface area contributed by atoms with Gasteiger partial charge in [-0.1, -0.05) is 27.5 Å². The Morgan fingerprint density at radius 1 is 1.38 bits per heavy atom. The summed E-state index contributed by atoms with van der Waals surface area (Å²) in [5.74, 6) is -0.253. The molecule has 1 aromatic rings. The van der Waals surface area contributed by atoms with Gasteiger partial charge in [0.15, 0.2) is 5.78 Å². The molecule has 1 nitrogen and oxygen atoms in total. The SMILES string of the molecule is O=C(CCl)c1cc(Br)cc(Br)c1Cl. The van der Waals surface area contributed by atoms with Crippen LogP contribution in [0.3, 0.4) is 0 Å². The lowest BCUT2D eigenvalue weighted by Gasteiger charge is -2.03. The van der Waals surface area contributed by atoms with Gasteiger partial charge in [0.2, 0.25) is 0 Å². The third-order valence-corrected chi connectivity index (χ3v) is 3.38. The van der Waals surface area contributed by atoms with Crippen LogP contribution in [0.2, 0.25) is 5.02 Å². The smallest absolute Gasteiger partial charge is 0.179 e. The lowest BCUT2D eigenvalue weighted by molar-refractivity contribution is 0.102. The van der Waals surface area contributed by atoms with E-state index in [1.165, 1.54) is 0 Å². The highest BCUT2D eigenvalue weighted by Crippen LogP contribution is 2.30. The molecule has 0 aliphatic heterocycles. The molecule has 13 heavy (non-hydrogen) atoms. The molecule has 1 rings (SSSR count). The Kier molecular flexibility index (Phi) is 4.23. The molecule has 0 saturated carbocycles. The Hall–Kier alpha value is 0.430. The molecular formula is C8H4Br2Cl2O. The van der Waals surface area contributed by atoms with Gasteiger partial charge in [-0.25, -0.2) is 0 Å². The van der Waals surface area contributed by atoms with Gasteiger partial charge in [-0.2, -0.15) is 0 Å². The van der Waals surface area contributed by atoms with Gasteiger partial charge in [0.1, 0.15) is 0 Å². The molecule has 0 unspecified atom stereocenters. The number of rotatable bonds is 2. The van der Waals surface area contributed by atoms with Crippen molar-refractivity contribution in [2.24, 2.45) is 0 Å². The fraction of sp³-hybridized carbons (Fsp3) is 0.125. The number of alkyl halides is 1. The van der Waals surface area contributed by atoms with Crippen LogP contribution in [0.5, 0.6) is 0 Å². The van der Waals surface area contributed by atoms with Crippen LogP contribution in [-0.4, -0.2) is 11.7 Å². The van der Waals surface area contributed by atoms with Gasteiger partial charge in [-0.3, -0.25) is 4.79 Å². The van der Waals surface area contributed by atoms with E-state index < -0.39 is 0 Å². The summed E-state index contributed by atoms with van der Waals surface area (Å²) in [6, 6.07) is 3.42. The van der Waals surface area contributed by atoms with Crippen LogP contribution in [0.4, 0.5) is 0 Å². The first-order valence-electron chi connectivity index (χ1n) is 3.30. The molecule has 0 heterocycles. The Balaban J connectivity index is 3.28. The molecule has 0 spiro atoms. The van der Waals surface area contributed by atoms with Crippen molar-refractivity contribution in [2.75, 3.05) is 5.88 Å². The quantitative estimate of drug-likeness (QED) is 0.443. The van der Waals surface area contributed by atoms with Crippen molar-refractivity contribution in [3.8, 4) is 0 Å². The molecular weight excluding hydrogens is 343 g/mol. The first kappa shape index (κ1) is 11.5. The minimum Gasteiger partial charge on any atom is -0.293 e. The molecule has 0 fully saturated rings. The molecule has 1 aromatic carbocycles. The topological polar surface area (TPSA) is 17.1 Å². The molecule has 0 saturated heterocycles. The predicted octanol–water partition coefficient (Wildman–Crippen LogP) is 4.29. The number of ketones is 1. The average molecular weight is 347 g/mol. The molecule has 0 N–H and O–H groups in total. The zero-order valence-electron chi connectivity index (χ0n) is 6.28. The van der Waals surface area contributed by atoms with Gasteiger partial charge in [0, 0.05) is 14.5 Å². The Morgan fingerprint density at radius 2 is 2.00 bits per heavy atom. The van der Waals surface area contributed by atoms with Gasteiger partial charge < -0.3 is 0 Å². The number of carbonyl (C=O) groups is 1. The largest absolute Gasteiger partial charge is 0.293 e. The lowest BCUT2D eigenvalue weighted by Crippen LogP contribution is -2.01. The normalized spacial score (nSPS) is 10.2. The van der Waals surface area contributed by atoms with Gasteiger partial charge >= 0.3 is 0 Å².